The highest BCUT2D eigenvalue weighted by Gasteiger charge is 2.51. The van der Waals surface area contributed by atoms with E-state index in [1.807, 2.05) is 60.3 Å². The van der Waals surface area contributed by atoms with Gasteiger partial charge in [0.25, 0.3) is 0 Å². The Balaban J connectivity index is 0.000000148. The van der Waals surface area contributed by atoms with Crippen molar-refractivity contribution in [3.05, 3.63) is 368 Å². The number of fused-ring (bicyclic) bond motifs is 8. The molecule has 2 unspecified atom stereocenters. The number of anilines is 6. The SMILES string of the molecule is CC1(C)c2ccccc2N(c2ccccc2)c2ccc(C3(c4ccccc4)c4ccccc4S(=O)(=O)c4ccc(Cl)cc43)cc21.CC1(C)c2ccccc2N(c2ccccc2)c2ccc(C3(c4ccccc4)c4ccccc4Sc4ccc(Cl)cc43)cc21. The van der Waals surface area contributed by atoms with Crippen molar-refractivity contribution in [1.82, 2.24) is 0 Å². The minimum absolute atomic E-state index is 0.217. The molecule has 0 bridgehead atoms. The molecule has 428 valence electrons. The largest absolute Gasteiger partial charge is 0.310 e. The zero-order chi connectivity index (χ0) is 60.2. The Hall–Kier alpha value is -8.88. The Morgan fingerprint density at radius 3 is 1.20 bits per heavy atom. The van der Waals surface area contributed by atoms with Crippen molar-refractivity contribution >= 4 is 78.9 Å². The molecule has 4 heterocycles. The highest BCUT2D eigenvalue weighted by molar-refractivity contribution is 7.99. The summed E-state index contributed by atoms with van der Waals surface area (Å²) >= 11 is 15.3. The van der Waals surface area contributed by atoms with Crippen LogP contribution in [0.5, 0.6) is 0 Å². The molecule has 0 fully saturated rings. The van der Waals surface area contributed by atoms with Crippen LogP contribution in [0.3, 0.4) is 0 Å². The third kappa shape index (κ3) is 8.37. The van der Waals surface area contributed by atoms with Crippen molar-refractivity contribution in [3.8, 4) is 0 Å². The summed E-state index contributed by atoms with van der Waals surface area (Å²) in [4.78, 5) is 7.86. The first-order valence-corrected chi connectivity index (χ1v) is 32.8. The molecule has 12 aromatic rings. The van der Waals surface area contributed by atoms with Gasteiger partial charge in [-0.3, -0.25) is 0 Å². The lowest BCUT2D eigenvalue weighted by atomic mass is 9.63. The van der Waals surface area contributed by atoms with Crippen LogP contribution < -0.4 is 9.80 Å². The maximum absolute atomic E-state index is 14.2. The van der Waals surface area contributed by atoms with Gasteiger partial charge in [0.15, 0.2) is 0 Å². The zero-order valence-corrected chi connectivity index (χ0v) is 52.1. The molecule has 0 aromatic heterocycles. The lowest BCUT2D eigenvalue weighted by molar-refractivity contribution is 0.577. The summed E-state index contributed by atoms with van der Waals surface area (Å²) in [5.74, 6) is 0. The molecular formula is C80H60Cl2N2O2S2. The van der Waals surface area contributed by atoms with E-state index in [0.29, 0.717) is 15.5 Å². The van der Waals surface area contributed by atoms with Crippen LogP contribution in [-0.2, 0) is 31.5 Å². The predicted molar refractivity (Wildman–Crippen MR) is 363 cm³/mol. The third-order valence-electron chi connectivity index (χ3n) is 18.8. The monoisotopic (exact) mass is 1210 g/mol. The molecule has 2 atom stereocenters. The number of halogens is 2. The molecule has 12 aromatic carbocycles. The molecule has 0 saturated heterocycles. The number of rotatable bonds is 6. The van der Waals surface area contributed by atoms with Gasteiger partial charge in [-0.1, -0.05) is 257 Å². The molecule has 88 heavy (non-hydrogen) atoms. The number of hydrogen-bond donors (Lipinski definition) is 0. The highest BCUT2D eigenvalue weighted by atomic mass is 35.5. The minimum Gasteiger partial charge on any atom is -0.310 e. The molecule has 0 amide bonds. The van der Waals surface area contributed by atoms with Crippen LogP contribution >= 0.6 is 35.0 Å². The standard InChI is InChI=1S/C40H30ClNO2S.C40H30ClNS/c1-39(2)31-17-9-11-19-35(31)42(30-15-7-4-8-16-30)36-23-21-28(25-33(36)39)40(27-13-5-3-6-14-27)32-18-10-12-20-37(32)45(43,44)38-24-22-29(41)26-34(38)40;1-39(2)31-17-9-11-19-35(31)42(30-15-7-4-8-16-30)36-23-21-28(25-33(36)39)40(27-13-5-3-6-14-27)32-18-10-12-20-37(32)43-38-24-22-29(41)26-34(38)40/h3-26H,1-2H3;3-26H,1-2H3. The minimum atomic E-state index is -3.80. The Morgan fingerprint density at radius 1 is 0.307 bits per heavy atom. The van der Waals surface area contributed by atoms with Gasteiger partial charge in [0.1, 0.15) is 0 Å². The summed E-state index contributed by atoms with van der Waals surface area (Å²) in [5.41, 5.74) is 18.2. The fraction of sp³-hybridized carbons (Fsp3) is 0.100. The molecular weight excluding hydrogens is 1160 g/mol. The van der Waals surface area contributed by atoms with Gasteiger partial charge in [0, 0.05) is 42.0 Å². The van der Waals surface area contributed by atoms with E-state index in [2.05, 4.69) is 256 Å². The molecule has 0 radical (unpaired) electrons. The van der Waals surface area contributed by atoms with Gasteiger partial charge in [-0.05, 0) is 164 Å². The smallest absolute Gasteiger partial charge is 0.207 e. The van der Waals surface area contributed by atoms with Gasteiger partial charge >= 0.3 is 0 Å². The van der Waals surface area contributed by atoms with E-state index in [9.17, 15) is 8.42 Å². The second kappa shape index (κ2) is 21.2. The lowest BCUT2D eigenvalue weighted by Crippen LogP contribution is -2.38. The van der Waals surface area contributed by atoms with Gasteiger partial charge in [0.2, 0.25) is 9.84 Å². The topological polar surface area (TPSA) is 40.6 Å². The number of nitrogens with zero attached hydrogens (tertiary/aromatic N) is 2. The number of hydrogen-bond acceptors (Lipinski definition) is 5. The second-order valence-electron chi connectivity index (χ2n) is 24.2. The van der Waals surface area contributed by atoms with Crippen LogP contribution in [0.25, 0.3) is 0 Å². The average Bonchev–Trinajstić information content (AvgIpc) is 0.769. The summed E-state index contributed by atoms with van der Waals surface area (Å²) in [7, 11) is -3.80. The van der Waals surface area contributed by atoms with Crippen LogP contribution in [0.15, 0.2) is 311 Å². The van der Waals surface area contributed by atoms with Crippen molar-refractivity contribution in [2.24, 2.45) is 0 Å². The van der Waals surface area contributed by atoms with Gasteiger partial charge in [-0.25, -0.2) is 8.42 Å². The normalized spacial score (nSPS) is 18.2. The summed E-state index contributed by atoms with van der Waals surface area (Å²) in [6, 6.07) is 101. The van der Waals surface area contributed by atoms with E-state index in [-0.39, 0.29) is 15.7 Å². The number of benzene rings is 12. The Kier molecular flexibility index (Phi) is 13.4. The molecule has 4 aliphatic heterocycles. The van der Waals surface area contributed by atoms with E-state index >= 15 is 0 Å². The Morgan fingerprint density at radius 2 is 0.682 bits per heavy atom. The van der Waals surface area contributed by atoms with Gasteiger partial charge < -0.3 is 9.80 Å². The Labute approximate surface area is 530 Å². The van der Waals surface area contributed by atoms with E-state index < -0.39 is 20.7 Å². The molecule has 4 aliphatic rings. The van der Waals surface area contributed by atoms with E-state index in [1.165, 1.54) is 60.1 Å². The van der Waals surface area contributed by atoms with Crippen LogP contribution in [-0.4, -0.2) is 8.42 Å². The van der Waals surface area contributed by atoms with Gasteiger partial charge in [-0.2, -0.15) is 0 Å². The second-order valence-corrected chi connectivity index (χ2v) is 28.0. The van der Waals surface area contributed by atoms with Crippen molar-refractivity contribution < 1.29 is 8.42 Å². The van der Waals surface area contributed by atoms with Gasteiger partial charge in [-0.15, -0.1) is 0 Å². The summed E-state index contributed by atoms with van der Waals surface area (Å²) < 4.78 is 28.4. The molecule has 16 rings (SSSR count). The van der Waals surface area contributed by atoms with Crippen LogP contribution in [0.4, 0.5) is 34.1 Å². The fourth-order valence-corrected chi connectivity index (χ4v) is 18.1. The Bertz CT molecular complexity index is 4840. The van der Waals surface area contributed by atoms with Crippen molar-refractivity contribution in [2.75, 3.05) is 9.80 Å². The quantitative estimate of drug-likeness (QED) is 0.166. The molecule has 0 saturated carbocycles. The number of sulfone groups is 1. The molecule has 0 aliphatic carbocycles. The van der Waals surface area contributed by atoms with Gasteiger partial charge in [0.05, 0.1) is 43.4 Å². The summed E-state index contributed by atoms with van der Waals surface area (Å²) in [6.45, 7) is 9.27. The van der Waals surface area contributed by atoms with E-state index in [0.717, 1.165) is 50.0 Å². The molecule has 4 nitrogen and oxygen atoms in total. The molecule has 0 N–H and O–H groups in total. The number of para-hydroxylation sites is 4. The van der Waals surface area contributed by atoms with E-state index in [4.69, 9.17) is 23.2 Å². The maximum Gasteiger partial charge on any atom is 0.207 e. The molecule has 8 heteroatoms. The van der Waals surface area contributed by atoms with Crippen molar-refractivity contribution in [3.63, 3.8) is 0 Å². The van der Waals surface area contributed by atoms with Crippen molar-refractivity contribution in [1.29, 1.82) is 0 Å². The maximum atomic E-state index is 14.2. The van der Waals surface area contributed by atoms with Crippen LogP contribution in [0.2, 0.25) is 10.0 Å². The summed E-state index contributed by atoms with van der Waals surface area (Å²) in [6.07, 6.45) is 0. The summed E-state index contributed by atoms with van der Waals surface area (Å²) in [5, 5.41) is 1.24. The fourth-order valence-electron chi connectivity index (χ4n) is 14.9. The first kappa shape index (κ1) is 55.7. The first-order chi connectivity index (χ1) is 42.7. The van der Waals surface area contributed by atoms with Crippen molar-refractivity contribution in [2.45, 2.75) is 68.9 Å². The predicted octanol–water partition coefficient (Wildman–Crippen LogP) is 21.3. The zero-order valence-electron chi connectivity index (χ0n) is 49.0. The average molecular weight is 1220 g/mol. The van der Waals surface area contributed by atoms with Crippen LogP contribution in [0.1, 0.15) is 94.5 Å². The van der Waals surface area contributed by atoms with E-state index in [1.54, 1.807) is 24.3 Å². The highest BCUT2D eigenvalue weighted by Crippen LogP contribution is 2.61. The van der Waals surface area contributed by atoms with Crippen LogP contribution in [0, 0.1) is 0 Å². The first-order valence-electron chi connectivity index (χ1n) is 29.8. The third-order valence-corrected chi connectivity index (χ3v) is 22.3. The molecule has 0 spiro atoms. The lowest BCUT2D eigenvalue weighted by Gasteiger charge is -2.45.